The molecule has 0 aliphatic heterocycles. The molecule has 0 amide bonds. The zero-order chi connectivity index (χ0) is 12.0. The van der Waals surface area contributed by atoms with Crippen molar-refractivity contribution in [1.29, 1.82) is 0 Å². The highest BCUT2D eigenvalue weighted by molar-refractivity contribution is 7.98. The minimum atomic E-state index is -0.663. The number of aliphatic hydroxyl groups excluding tert-OH is 2. The minimum Gasteiger partial charge on any atom is -0.390 e. The number of aliphatic hydroxyl groups is 2. The van der Waals surface area contributed by atoms with Gasteiger partial charge in [-0.05, 0) is 31.4 Å². The number of halogens is 1. The third-order valence-corrected chi connectivity index (χ3v) is 4.23. The summed E-state index contributed by atoms with van der Waals surface area (Å²) in [4.78, 5) is 0. The molecule has 0 aromatic carbocycles. The zero-order valence-electron chi connectivity index (χ0n) is 10.5. The fourth-order valence-electron chi connectivity index (χ4n) is 2.47. The molecule has 0 spiro atoms. The van der Waals surface area contributed by atoms with Crippen LogP contribution in [0.15, 0.2) is 0 Å². The first-order chi connectivity index (χ1) is 7.65. The molecule has 3 nitrogen and oxygen atoms in total. The maximum Gasteiger partial charge on any atom is 0.0889 e. The first kappa shape index (κ1) is 17.5. The summed E-state index contributed by atoms with van der Waals surface area (Å²) in [6, 6.07) is 0.0480. The first-order valence-corrected chi connectivity index (χ1v) is 7.65. The van der Waals surface area contributed by atoms with Crippen LogP contribution in [0.25, 0.3) is 0 Å². The Morgan fingerprint density at radius 1 is 1.18 bits per heavy atom. The van der Waals surface area contributed by atoms with Gasteiger partial charge in [-0.2, -0.15) is 11.8 Å². The Balaban J connectivity index is 0.00000256. The third kappa shape index (κ3) is 6.30. The molecule has 0 aromatic rings. The van der Waals surface area contributed by atoms with Gasteiger partial charge >= 0.3 is 0 Å². The molecule has 0 bridgehead atoms. The summed E-state index contributed by atoms with van der Waals surface area (Å²) < 4.78 is 0. The predicted octanol–water partition coefficient (Wildman–Crippen LogP) is 1.79. The summed E-state index contributed by atoms with van der Waals surface area (Å²) in [5.41, 5.74) is 6.11. The molecule has 17 heavy (non-hydrogen) atoms. The van der Waals surface area contributed by atoms with Crippen LogP contribution in [0.1, 0.15) is 38.5 Å². The van der Waals surface area contributed by atoms with Gasteiger partial charge in [-0.3, -0.25) is 0 Å². The predicted molar refractivity (Wildman–Crippen MR) is 76.8 cm³/mol. The largest absolute Gasteiger partial charge is 0.390 e. The zero-order valence-corrected chi connectivity index (χ0v) is 12.2. The van der Waals surface area contributed by atoms with Crippen molar-refractivity contribution >= 4 is 24.2 Å². The molecule has 4 N–H and O–H groups in total. The van der Waals surface area contributed by atoms with Gasteiger partial charge in [0.2, 0.25) is 0 Å². The highest BCUT2D eigenvalue weighted by Gasteiger charge is 2.25. The average Bonchev–Trinajstić information content (AvgIpc) is 2.30. The minimum absolute atomic E-state index is 0. The van der Waals surface area contributed by atoms with E-state index in [0.717, 1.165) is 0 Å². The monoisotopic (exact) mass is 283 g/mol. The Hall–Kier alpha value is 0.520. The Kier molecular flexibility index (Phi) is 9.74. The molecule has 1 saturated carbocycles. The normalized spacial score (nSPS) is 22.6. The lowest BCUT2D eigenvalue weighted by Crippen LogP contribution is -2.39. The fraction of sp³-hybridized carbons (Fsp3) is 1.00. The van der Waals surface area contributed by atoms with Crippen molar-refractivity contribution in [2.45, 2.75) is 56.8 Å². The van der Waals surface area contributed by atoms with Crippen molar-refractivity contribution < 1.29 is 10.2 Å². The highest BCUT2D eigenvalue weighted by Crippen LogP contribution is 2.27. The van der Waals surface area contributed by atoms with Crippen LogP contribution in [-0.4, -0.2) is 40.5 Å². The van der Waals surface area contributed by atoms with E-state index < -0.39 is 12.2 Å². The molecule has 104 valence electrons. The van der Waals surface area contributed by atoms with Crippen LogP contribution in [-0.2, 0) is 0 Å². The number of nitrogens with two attached hydrogens (primary N) is 1. The Morgan fingerprint density at radius 3 is 2.29 bits per heavy atom. The summed E-state index contributed by atoms with van der Waals surface area (Å²) in [6.45, 7) is 0. The molecule has 1 fully saturated rings. The van der Waals surface area contributed by atoms with E-state index in [4.69, 9.17) is 5.73 Å². The van der Waals surface area contributed by atoms with Gasteiger partial charge in [-0.15, -0.1) is 12.4 Å². The van der Waals surface area contributed by atoms with Gasteiger partial charge in [0.1, 0.15) is 0 Å². The van der Waals surface area contributed by atoms with E-state index in [1.165, 1.54) is 32.1 Å². The number of rotatable bonds is 6. The molecule has 5 heteroatoms. The maximum atomic E-state index is 9.81. The fourth-order valence-corrected chi connectivity index (χ4v) is 3.04. The number of hydrogen-bond donors (Lipinski definition) is 3. The van der Waals surface area contributed by atoms with Gasteiger partial charge in [0, 0.05) is 11.8 Å². The summed E-state index contributed by atoms with van der Waals surface area (Å²) in [5, 5.41) is 19.4. The number of hydrogen-bond acceptors (Lipinski definition) is 4. The second-order valence-corrected chi connectivity index (χ2v) is 5.80. The van der Waals surface area contributed by atoms with Gasteiger partial charge in [-0.1, -0.05) is 19.3 Å². The molecule has 0 saturated heterocycles. The molecule has 1 rings (SSSR count). The summed E-state index contributed by atoms with van der Waals surface area (Å²) in [7, 11) is 0. The van der Waals surface area contributed by atoms with E-state index in [0.29, 0.717) is 18.1 Å². The molecule has 0 aromatic heterocycles. The second kappa shape index (κ2) is 9.45. The van der Waals surface area contributed by atoms with Crippen LogP contribution in [0.2, 0.25) is 0 Å². The van der Waals surface area contributed by atoms with E-state index >= 15 is 0 Å². The molecule has 1 aliphatic rings. The lowest BCUT2D eigenvalue weighted by molar-refractivity contribution is 0.0198. The van der Waals surface area contributed by atoms with Crippen molar-refractivity contribution in [3.63, 3.8) is 0 Å². The van der Waals surface area contributed by atoms with Gasteiger partial charge in [0.05, 0.1) is 12.2 Å². The SMILES string of the molecule is CSCC(O)C(O)CC(N)C1CCCCC1.Cl. The maximum absolute atomic E-state index is 9.81. The Morgan fingerprint density at radius 2 is 1.76 bits per heavy atom. The van der Waals surface area contributed by atoms with Crippen LogP contribution in [0.3, 0.4) is 0 Å². The summed E-state index contributed by atoms with van der Waals surface area (Å²) in [6.07, 6.45) is 7.39. The van der Waals surface area contributed by atoms with Gasteiger partial charge in [0.25, 0.3) is 0 Å². The van der Waals surface area contributed by atoms with Crippen LogP contribution in [0, 0.1) is 5.92 Å². The van der Waals surface area contributed by atoms with Crippen LogP contribution < -0.4 is 5.73 Å². The van der Waals surface area contributed by atoms with Crippen molar-refractivity contribution in [2.24, 2.45) is 11.7 Å². The topological polar surface area (TPSA) is 66.5 Å². The van der Waals surface area contributed by atoms with E-state index in [1.54, 1.807) is 11.8 Å². The molecular weight excluding hydrogens is 258 g/mol. The third-order valence-electron chi connectivity index (χ3n) is 3.55. The van der Waals surface area contributed by atoms with Crippen molar-refractivity contribution in [3.8, 4) is 0 Å². The molecule has 3 atom stereocenters. The van der Waals surface area contributed by atoms with Crippen LogP contribution in [0.5, 0.6) is 0 Å². The number of thioether (sulfide) groups is 1. The van der Waals surface area contributed by atoms with Crippen molar-refractivity contribution in [3.05, 3.63) is 0 Å². The average molecular weight is 284 g/mol. The summed E-state index contributed by atoms with van der Waals surface area (Å²) in [5.74, 6) is 1.13. The van der Waals surface area contributed by atoms with Crippen LogP contribution >= 0.6 is 24.2 Å². The van der Waals surface area contributed by atoms with E-state index in [9.17, 15) is 10.2 Å². The first-order valence-electron chi connectivity index (χ1n) is 6.25. The molecule has 3 unspecified atom stereocenters. The highest BCUT2D eigenvalue weighted by atomic mass is 35.5. The lowest BCUT2D eigenvalue weighted by Gasteiger charge is -2.29. The van der Waals surface area contributed by atoms with Gasteiger partial charge < -0.3 is 15.9 Å². The van der Waals surface area contributed by atoms with Crippen molar-refractivity contribution in [2.75, 3.05) is 12.0 Å². The second-order valence-electron chi connectivity index (χ2n) is 4.89. The molecule has 1 aliphatic carbocycles. The quantitative estimate of drug-likeness (QED) is 0.695. The molecule has 0 radical (unpaired) electrons. The van der Waals surface area contributed by atoms with E-state index in [2.05, 4.69) is 0 Å². The smallest absolute Gasteiger partial charge is 0.0889 e. The Labute approximate surface area is 115 Å². The standard InChI is InChI=1S/C12H25NO2S.ClH/c1-16-8-12(15)11(14)7-10(13)9-5-3-2-4-6-9;/h9-12,14-15H,2-8,13H2,1H3;1H. The van der Waals surface area contributed by atoms with Gasteiger partial charge in [-0.25, -0.2) is 0 Å². The van der Waals surface area contributed by atoms with Crippen molar-refractivity contribution in [1.82, 2.24) is 0 Å². The lowest BCUT2D eigenvalue weighted by atomic mass is 9.82. The van der Waals surface area contributed by atoms with E-state index in [1.807, 2.05) is 6.26 Å². The summed E-state index contributed by atoms with van der Waals surface area (Å²) >= 11 is 1.55. The van der Waals surface area contributed by atoms with E-state index in [-0.39, 0.29) is 18.4 Å². The Bertz CT molecular complexity index is 191. The van der Waals surface area contributed by atoms with Gasteiger partial charge in [0.15, 0.2) is 0 Å². The molecular formula is C12H26ClNO2S. The van der Waals surface area contributed by atoms with Crippen LogP contribution in [0.4, 0.5) is 0 Å². The molecule has 0 heterocycles.